The Kier molecular flexibility index (Phi) is 6.99. The van der Waals surface area contributed by atoms with E-state index < -0.39 is 0 Å². The van der Waals surface area contributed by atoms with E-state index in [4.69, 9.17) is 37.8 Å². The number of aliphatic hydroxyl groups is 1. The van der Waals surface area contributed by atoms with Crippen LogP contribution in [0.2, 0.25) is 10.0 Å². The number of ether oxygens (including phenoxy) is 2. The highest BCUT2D eigenvalue weighted by Gasteiger charge is 2.11. The number of aliphatic hydroxyl groups excluding tert-OH is 1. The van der Waals surface area contributed by atoms with Crippen LogP contribution in [0.4, 0.5) is 0 Å². The van der Waals surface area contributed by atoms with Crippen LogP contribution < -0.4 is 14.8 Å². The van der Waals surface area contributed by atoms with Crippen molar-refractivity contribution >= 4 is 23.2 Å². The zero-order valence-corrected chi connectivity index (χ0v) is 14.3. The third-order valence-electron chi connectivity index (χ3n) is 3.25. The first-order valence-corrected chi connectivity index (χ1v) is 7.95. The maximum atomic E-state index is 8.87. The number of methoxy groups -OCH3 is 1. The molecule has 2 N–H and O–H groups in total. The molecule has 0 saturated heterocycles. The Hall–Kier alpha value is -1.46. The Labute approximate surface area is 145 Å². The smallest absolute Gasteiger partial charge is 0.166 e. The van der Waals surface area contributed by atoms with Crippen molar-refractivity contribution in [2.75, 3.05) is 20.3 Å². The summed E-state index contributed by atoms with van der Waals surface area (Å²) in [5.41, 5.74) is 1.87. The Morgan fingerprint density at radius 2 is 1.96 bits per heavy atom. The van der Waals surface area contributed by atoms with Gasteiger partial charge in [-0.2, -0.15) is 0 Å². The molecule has 0 spiro atoms. The van der Waals surface area contributed by atoms with Gasteiger partial charge in [-0.15, -0.1) is 0 Å². The second-order valence-electron chi connectivity index (χ2n) is 4.89. The number of hydrogen-bond acceptors (Lipinski definition) is 4. The van der Waals surface area contributed by atoms with E-state index in [2.05, 4.69) is 5.32 Å². The Morgan fingerprint density at radius 1 is 1.13 bits per heavy atom. The average molecular weight is 356 g/mol. The van der Waals surface area contributed by atoms with Gasteiger partial charge in [-0.25, -0.2) is 0 Å². The summed E-state index contributed by atoms with van der Waals surface area (Å²) in [5.74, 6) is 1.33. The largest absolute Gasteiger partial charge is 0.493 e. The van der Waals surface area contributed by atoms with Gasteiger partial charge >= 0.3 is 0 Å². The first kappa shape index (κ1) is 17.9. The van der Waals surface area contributed by atoms with E-state index >= 15 is 0 Å². The van der Waals surface area contributed by atoms with Gasteiger partial charge in [-0.05, 0) is 23.8 Å². The fourth-order valence-electron chi connectivity index (χ4n) is 2.11. The average Bonchev–Trinajstić information content (AvgIpc) is 2.56. The summed E-state index contributed by atoms with van der Waals surface area (Å²) in [6.45, 7) is 1.53. The van der Waals surface area contributed by atoms with E-state index in [1.807, 2.05) is 24.3 Å². The standard InChI is InChI=1S/C17H19Cl2NO3/c1-22-16-4-2-3-13(10-20-7-8-21)17(16)23-11-12-5-6-14(18)15(19)9-12/h2-6,9,20-21H,7-8,10-11H2,1H3. The zero-order chi connectivity index (χ0) is 16.7. The molecule has 0 aliphatic rings. The molecule has 23 heavy (non-hydrogen) atoms. The summed E-state index contributed by atoms with van der Waals surface area (Å²) in [5, 5.41) is 13.0. The van der Waals surface area contributed by atoms with Gasteiger partial charge in [0, 0.05) is 18.7 Å². The molecule has 4 nitrogen and oxygen atoms in total. The predicted octanol–water partition coefficient (Wildman–Crippen LogP) is 3.66. The molecule has 0 aromatic heterocycles. The van der Waals surface area contributed by atoms with E-state index in [0.29, 0.717) is 41.2 Å². The maximum absolute atomic E-state index is 8.87. The lowest BCUT2D eigenvalue weighted by Gasteiger charge is -2.15. The third kappa shape index (κ3) is 5.01. The van der Waals surface area contributed by atoms with Gasteiger partial charge in [-0.1, -0.05) is 41.4 Å². The summed E-state index contributed by atoms with van der Waals surface area (Å²) in [7, 11) is 1.60. The van der Waals surface area contributed by atoms with E-state index in [9.17, 15) is 0 Å². The fourth-order valence-corrected chi connectivity index (χ4v) is 2.43. The van der Waals surface area contributed by atoms with Crippen molar-refractivity contribution in [3.8, 4) is 11.5 Å². The van der Waals surface area contributed by atoms with Crippen LogP contribution in [0.15, 0.2) is 36.4 Å². The number of hydrogen-bond donors (Lipinski definition) is 2. The number of benzene rings is 2. The SMILES string of the molecule is COc1cccc(CNCCO)c1OCc1ccc(Cl)c(Cl)c1. The first-order valence-electron chi connectivity index (χ1n) is 7.20. The van der Waals surface area contributed by atoms with Crippen molar-refractivity contribution in [3.05, 3.63) is 57.6 Å². The normalized spacial score (nSPS) is 10.6. The Bertz CT molecular complexity index is 650. The number of halogens is 2. The second kappa shape index (κ2) is 8.99. The molecule has 0 bridgehead atoms. The Morgan fingerprint density at radius 3 is 2.65 bits per heavy atom. The molecular formula is C17H19Cl2NO3. The van der Waals surface area contributed by atoms with Crippen molar-refractivity contribution in [1.82, 2.24) is 5.32 Å². The lowest BCUT2D eigenvalue weighted by atomic mass is 10.1. The molecule has 6 heteroatoms. The van der Waals surface area contributed by atoms with Crippen molar-refractivity contribution < 1.29 is 14.6 Å². The fraction of sp³-hybridized carbons (Fsp3) is 0.294. The first-order chi connectivity index (χ1) is 11.2. The van der Waals surface area contributed by atoms with E-state index in [0.717, 1.165) is 11.1 Å². The number of rotatable bonds is 8. The van der Waals surface area contributed by atoms with Gasteiger partial charge in [0.15, 0.2) is 11.5 Å². The van der Waals surface area contributed by atoms with Crippen LogP contribution in [-0.4, -0.2) is 25.4 Å². The van der Waals surface area contributed by atoms with E-state index in [1.165, 1.54) is 0 Å². The van der Waals surface area contributed by atoms with Crippen molar-refractivity contribution in [2.45, 2.75) is 13.2 Å². The molecule has 2 aromatic carbocycles. The molecule has 0 fully saturated rings. The molecule has 0 atom stereocenters. The lowest BCUT2D eigenvalue weighted by Crippen LogP contribution is -2.18. The highest BCUT2D eigenvalue weighted by atomic mass is 35.5. The molecule has 0 aliphatic heterocycles. The summed E-state index contributed by atoms with van der Waals surface area (Å²) >= 11 is 11.9. The lowest BCUT2D eigenvalue weighted by molar-refractivity contribution is 0.277. The number of para-hydroxylation sites is 1. The highest BCUT2D eigenvalue weighted by Crippen LogP contribution is 2.32. The third-order valence-corrected chi connectivity index (χ3v) is 3.99. The summed E-state index contributed by atoms with van der Waals surface area (Å²) in [4.78, 5) is 0. The monoisotopic (exact) mass is 355 g/mol. The molecule has 2 aromatic rings. The van der Waals surface area contributed by atoms with Gasteiger partial charge in [0.2, 0.25) is 0 Å². The van der Waals surface area contributed by atoms with Gasteiger partial charge in [0.1, 0.15) is 6.61 Å². The van der Waals surface area contributed by atoms with Crippen molar-refractivity contribution in [3.63, 3.8) is 0 Å². The molecule has 124 valence electrons. The van der Waals surface area contributed by atoms with E-state index in [1.54, 1.807) is 19.2 Å². The van der Waals surface area contributed by atoms with Crippen LogP contribution in [0.5, 0.6) is 11.5 Å². The molecule has 2 rings (SSSR count). The minimum atomic E-state index is 0.0867. The van der Waals surface area contributed by atoms with Crippen LogP contribution in [0.25, 0.3) is 0 Å². The summed E-state index contributed by atoms with van der Waals surface area (Å²) in [6.07, 6.45) is 0. The van der Waals surface area contributed by atoms with Gasteiger partial charge < -0.3 is 19.9 Å². The van der Waals surface area contributed by atoms with Gasteiger partial charge in [0.25, 0.3) is 0 Å². The van der Waals surface area contributed by atoms with Crippen LogP contribution >= 0.6 is 23.2 Å². The molecule has 0 saturated carbocycles. The zero-order valence-electron chi connectivity index (χ0n) is 12.8. The van der Waals surface area contributed by atoms with Crippen molar-refractivity contribution in [2.24, 2.45) is 0 Å². The van der Waals surface area contributed by atoms with E-state index in [-0.39, 0.29) is 6.61 Å². The van der Waals surface area contributed by atoms with Gasteiger partial charge in [0.05, 0.1) is 23.8 Å². The highest BCUT2D eigenvalue weighted by molar-refractivity contribution is 6.42. The molecular weight excluding hydrogens is 337 g/mol. The van der Waals surface area contributed by atoms with Crippen molar-refractivity contribution in [1.29, 1.82) is 0 Å². The van der Waals surface area contributed by atoms with Crippen LogP contribution in [0, 0.1) is 0 Å². The number of nitrogens with one attached hydrogen (secondary N) is 1. The molecule has 0 radical (unpaired) electrons. The predicted molar refractivity (Wildman–Crippen MR) is 92.6 cm³/mol. The molecule has 0 heterocycles. The minimum absolute atomic E-state index is 0.0867. The quantitative estimate of drug-likeness (QED) is 0.709. The Balaban J connectivity index is 2.14. The van der Waals surface area contributed by atoms with Crippen LogP contribution in [0.1, 0.15) is 11.1 Å². The molecule has 0 amide bonds. The minimum Gasteiger partial charge on any atom is -0.493 e. The maximum Gasteiger partial charge on any atom is 0.166 e. The summed E-state index contributed by atoms with van der Waals surface area (Å²) < 4.78 is 11.3. The van der Waals surface area contributed by atoms with Gasteiger partial charge in [-0.3, -0.25) is 0 Å². The van der Waals surface area contributed by atoms with Crippen LogP contribution in [-0.2, 0) is 13.2 Å². The molecule has 0 unspecified atom stereocenters. The van der Waals surface area contributed by atoms with Crippen LogP contribution in [0.3, 0.4) is 0 Å². The topological polar surface area (TPSA) is 50.7 Å². The second-order valence-corrected chi connectivity index (χ2v) is 5.70. The summed E-state index contributed by atoms with van der Waals surface area (Å²) in [6, 6.07) is 11.1. The molecule has 0 aliphatic carbocycles.